The van der Waals surface area contributed by atoms with Crippen molar-refractivity contribution in [2.75, 3.05) is 17.8 Å². The van der Waals surface area contributed by atoms with Crippen LogP contribution in [-0.4, -0.2) is 41.9 Å². The minimum Gasteiger partial charge on any atom is -0.481 e. The van der Waals surface area contributed by atoms with E-state index in [1.807, 2.05) is 0 Å². The molecular weight excluding hydrogens is 294 g/mol. The number of nitrogens with one attached hydrogen (secondary N) is 1. The summed E-state index contributed by atoms with van der Waals surface area (Å²) < 4.78 is 28.3. The lowest BCUT2D eigenvalue weighted by Gasteiger charge is -2.29. The van der Waals surface area contributed by atoms with Crippen molar-refractivity contribution in [3.63, 3.8) is 0 Å². The Morgan fingerprint density at radius 2 is 2.10 bits per heavy atom. The van der Waals surface area contributed by atoms with E-state index in [1.165, 1.54) is 22.6 Å². The van der Waals surface area contributed by atoms with Crippen molar-refractivity contribution in [2.24, 2.45) is 5.92 Å². The summed E-state index contributed by atoms with van der Waals surface area (Å²) in [5.41, 5.74) is 0.722. The van der Waals surface area contributed by atoms with Crippen molar-refractivity contribution in [3.05, 3.63) is 24.0 Å². The van der Waals surface area contributed by atoms with Gasteiger partial charge in [-0.05, 0) is 30.9 Å². The summed E-state index contributed by atoms with van der Waals surface area (Å²) in [4.78, 5) is 14.5. The second kappa shape index (κ2) is 6.40. The molecule has 1 fully saturated rings. The second-order valence-electron chi connectivity index (χ2n) is 5.30. The molecular formula is C13H19N3O4S. The lowest BCUT2D eigenvalue weighted by atomic mass is 10.0. The number of carbonyl (C=O) groups is 1. The molecule has 1 aliphatic rings. The molecule has 0 radical (unpaired) electrons. The molecule has 8 heteroatoms. The van der Waals surface area contributed by atoms with Gasteiger partial charge in [0.1, 0.15) is 0 Å². The van der Waals surface area contributed by atoms with E-state index in [0.717, 1.165) is 12.8 Å². The quantitative estimate of drug-likeness (QED) is 0.848. The van der Waals surface area contributed by atoms with Crippen LogP contribution in [0, 0.1) is 5.92 Å². The van der Waals surface area contributed by atoms with E-state index in [9.17, 15) is 13.2 Å². The van der Waals surface area contributed by atoms with Gasteiger partial charge in [0.2, 0.25) is 0 Å². The molecule has 1 aromatic heterocycles. The Hall–Kier alpha value is -1.67. The molecule has 0 spiro atoms. The summed E-state index contributed by atoms with van der Waals surface area (Å²) in [7, 11) is -3.57. The zero-order valence-electron chi connectivity index (χ0n) is 11.8. The largest absolute Gasteiger partial charge is 0.481 e. The van der Waals surface area contributed by atoms with Crippen LogP contribution in [0.15, 0.2) is 18.3 Å². The first-order valence-corrected chi connectivity index (χ1v) is 8.25. The molecule has 1 aromatic rings. The van der Waals surface area contributed by atoms with Gasteiger partial charge in [-0.25, -0.2) is 0 Å². The third-order valence-corrected chi connectivity index (χ3v) is 5.03. The topological polar surface area (TPSA) is 99.6 Å². The molecule has 7 nitrogen and oxygen atoms in total. The van der Waals surface area contributed by atoms with E-state index in [-0.39, 0.29) is 6.42 Å². The first kappa shape index (κ1) is 15.7. The number of pyridine rings is 1. The predicted octanol–water partition coefficient (Wildman–Crippen LogP) is 1.10. The summed E-state index contributed by atoms with van der Waals surface area (Å²) in [5, 5.41) is 8.66. The Kier molecular flexibility index (Phi) is 4.79. The molecule has 0 saturated carbocycles. The van der Waals surface area contributed by atoms with Gasteiger partial charge in [0, 0.05) is 13.1 Å². The molecule has 21 heavy (non-hydrogen) atoms. The van der Waals surface area contributed by atoms with Gasteiger partial charge in [-0.2, -0.15) is 12.7 Å². The highest BCUT2D eigenvalue weighted by Crippen LogP contribution is 2.20. The van der Waals surface area contributed by atoms with Crippen molar-refractivity contribution in [2.45, 2.75) is 26.2 Å². The van der Waals surface area contributed by atoms with Crippen molar-refractivity contribution in [1.29, 1.82) is 0 Å². The monoisotopic (exact) mass is 313 g/mol. The number of anilines is 1. The number of carboxylic acids is 1. The average molecular weight is 313 g/mol. The normalized spacial score (nSPS) is 17.6. The van der Waals surface area contributed by atoms with Crippen molar-refractivity contribution in [3.8, 4) is 0 Å². The molecule has 1 aliphatic heterocycles. The minimum absolute atomic E-state index is 0.183. The van der Waals surface area contributed by atoms with E-state index in [4.69, 9.17) is 5.11 Å². The molecule has 0 amide bonds. The van der Waals surface area contributed by atoms with E-state index in [1.54, 1.807) is 0 Å². The minimum atomic E-state index is -3.57. The lowest BCUT2D eigenvalue weighted by molar-refractivity contribution is -0.136. The average Bonchev–Trinajstić information content (AvgIpc) is 2.40. The fourth-order valence-corrected chi connectivity index (χ4v) is 3.42. The highest BCUT2D eigenvalue weighted by Gasteiger charge is 2.26. The fourth-order valence-electron chi connectivity index (χ4n) is 2.18. The van der Waals surface area contributed by atoms with Gasteiger partial charge in [0.25, 0.3) is 0 Å². The van der Waals surface area contributed by atoms with Crippen molar-refractivity contribution < 1.29 is 18.3 Å². The third kappa shape index (κ3) is 4.40. The summed E-state index contributed by atoms with van der Waals surface area (Å²) >= 11 is 0. The second-order valence-corrected chi connectivity index (χ2v) is 6.97. The number of piperidine rings is 1. The van der Waals surface area contributed by atoms with Crippen LogP contribution in [0.25, 0.3) is 0 Å². The number of aliphatic carboxylic acids is 1. The fraction of sp³-hybridized carbons (Fsp3) is 0.538. The zero-order chi connectivity index (χ0) is 15.5. The maximum Gasteiger partial charge on any atom is 0.309 e. The summed E-state index contributed by atoms with van der Waals surface area (Å²) in [6.45, 7) is 3.14. The number of aromatic nitrogens is 1. The number of hydrogen-bond donors (Lipinski definition) is 2. The molecule has 0 bridgehead atoms. The number of rotatable bonds is 5. The van der Waals surface area contributed by atoms with Crippen LogP contribution in [0.5, 0.6) is 0 Å². The molecule has 2 N–H and O–H groups in total. The smallest absolute Gasteiger partial charge is 0.309 e. The SMILES string of the molecule is CC1CCN(S(=O)(=O)Nc2ccc(CC(=O)O)nc2)CC1. The molecule has 0 aliphatic carbocycles. The first-order chi connectivity index (χ1) is 9.87. The maximum atomic E-state index is 12.2. The number of carboxylic acid groups (broad SMARTS) is 1. The van der Waals surface area contributed by atoms with Gasteiger partial charge in [0.15, 0.2) is 0 Å². The Bertz CT molecular complexity index is 592. The summed E-state index contributed by atoms with van der Waals surface area (Å²) in [6, 6.07) is 3.03. The molecule has 1 saturated heterocycles. The van der Waals surface area contributed by atoms with Crippen LogP contribution in [0.3, 0.4) is 0 Å². The maximum absolute atomic E-state index is 12.2. The van der Waals surface area contributed by atoms with Crippen LogP contribution in [0.2, 0.25) is 0 Å². The van der Waals surface area contributed by atoms with Gasteiger partial charge >= 0.3 is 16.2 Å². The van der Waals surface area contributed by atoms with Crippen LogP contribution < -0.4 is 4.72 Å². The van der Waals surface area contributed by atoms with E-state index < -0.39 is 16.2 Å². The van der Waals surface area contributed by atoms with Crippen LogP contribution in [0.4, 0.5) is 5.69 Å². The predicted molar refractivity (Wildman–Crippen MR) is 78.1 cm³/mol. The standard InChI is InChI=1S/C13H19N3O4S/c1-10-4-6-16(7-5-10)21(19,20)15-12-3-2-11(14-9-12)8-13(17)18/h2-3,9-10,15H,4-8H2,1H3,(H,17,18). The molecule has 0 atom stereocenters. The van der Waals surface area contributed by atoms with Crippen LogP contribution in [0.1, 0.15) is 25.5 Å². The van der Waals surface area contributed by atoms with Crippen molar-refractivity contribution >= 4 is 21.9 Å². The highest BCUT2D eigenvalue weighted by atomic mass is 32.2. The summed E-state index contributed by atoms with van der Waals surface area (Å²) in [5.74, 6) is -0.424. The number of hydrogen-bond acceptors (Lipinski definition) is 4. The molecule has 0 unspecified atom stereocenters. The summed E-state index contributed by atoms with van der Waals surface area (Å²) in [6.07, 6.45) is 2.87. The Balaban J connectivity index is 2.01. The Morgan fingerprint density at radius 1 is 1.43 bits per heavy atom. The van der Waals surface area contributed by atoms with Crippen LogP contribution >= 0.6 is 0 Å². The molecule has 2 heterocycles. The van der Waals surface area contributed by atoms with Gasteiger partial charge in [0.05, 0.1) is 24.0 Å². The molecule has 116 valence electrons. The third-order valence-electron chi connectivity index (χ3n) is 3.49. The van der Waals surface area contributed by atoms with E-state index >= 15 is 0 Å². The van der Waals surface area contributed by atoms with Crippen molar-refractivity contribution in [1.82, 2.24) is 9.29 Å². The lowest BCUT2D eigenvalue weighted by Crippen LogP contribution is -2.41. The molecule has 2 rings (SSSR count). The Morgan fingerprint density at radius 3 is 2.62 bits per heavy atom. The molecule has 0 aromatic carbocycles. The van der Waals surface area contributed by atoms with Crippen LogP contribution in [-0.2, 0) is 21.4 Å². The first-order valence-electron chi connectivity index (χ1n) is 6.81. The van der Waals surface area contributed by atoms with Gasteiger partial charge < -0.3 is 5.11 Å². The van der Waals surface area contributed by atoms with E-state index in [0.29, 0.717) is 30.4 Å². The van der Waals surface area contributed by atoms with Gasteiger partial charge in [-0.15, -0.1) is 0 Å². The Labute approximate surface area is 124 Å². The highest BCUT2D eigenvalue weighted by molar-refractivity contribution is 7.90. The van der Waals surface area contributed by atoms with Gasteiger partial charge in [-0.3, -0.25) is 14.5 Å². The number of nitrogens with zero attached hydrogens (tertiary/aromatic N) is 2. The van der Waals surface area contributed by atoms with E-state index in [2.05, 4.69) is 16.6 Å². The zero-order valence-corrected chi connectivity index (χ0v) is 12.6. The van der Waals surface area contributed by atoms with Gasteiger partial charge in [-0.1, -0.05) is 6.92 Å².